The highest BCUT2D eigenvalue weighted by molar-refractivity contribution is 5.85. The maximum atomic E-state index is 12.2. The highest BCUT2D eigenvalue weighted by Crippen LogP contribution is 2.19. The Hall–Kier alpha value is -1.65. The van der Waals surface area contributed by atoms with Crippen LogP contribution in [0.25, 0.3) is 10.9 Å². The second-order valence-corrected chi connectivity index (χ2v) is 5.88. The Bertz CT molecular complexity index is 700. The third-order valence-corrected chi connectivity index (χ3v) is 4.23. The van der Waals surface area contributed by atoms with Gasteiger partial charge in [-0.1, -0.05) is 12.1 Å². The fourth-order valence-corrected chi connectivity index (χ4v) is 2.92. The van der Waals surface area contributed by atoms with Gasteiger partial charge in [-0.3, -0.25) is 4.79 Å². The van der Waals surface area contributed by atoms with Gasteiger partial charge in [-0.25, -0.2) is 0 Å². The van der Waals surface area contributed by atoms with Crippen molar-refractivity contribution in [2.45, 2.75) is 39.3 Å². The molecule has 1 aliphatic heterocycles. The predicted octanol–water partition coefficient (Wildman–Crippen LogP) is 2.41. The van der Waals surface area contributed by atoms with Crippen LogP contribution in [0.5, 0.6) is 0 Å². The van der Waals surface area contributed by atoms with Gasteiger partial charge in [0.2, 0.25) is 0 Å². The number of aromatic amines is 1. The summed E-state index contributed by atoms with van der Waals surface area (Å²) in [6, 6.07) is 6.15. The van der Waals surface area contributed by atoms with Crippen LogP contribution in [-0.4, -0.2) is 24.2 Å². The van der Waals surface area contributed by atoms with E-state index in [1.807, 2.05) is 19.1 Å². The van der Waals surface area contributed by atoms with Gasteiger partial charge in [-0.05, 0) is 43.9 Å². The lowest BCUT2D eigenvalue weighted by Gasteiger charge is -2.11. The number of benzene rings is 1. The molecule has 4 heteroatoms. The molecule has 0 unspecified atom stereocenters. The van der Waals surface area contributed by atoms with Gasteiger partial charge in [-0.2, -0.15) is 0 Å². The first-order chi connectivity index (χ1) is 10.1. The molecule has 2 aromatic rings. The lowest BCUT2D eigenvalue weighted by atomic mass is 10.0. The molecule has 3 rings (SSSR count). The van der Waals surface area contributed by atoms with E-state index in [-0.39, 0.29) is 5.56 Å². The molecule has 1 saturated heterocycles. The smallest absolute Gasteiger partial charge is 0.252 e. The Kier molecular flexibility index (Phi) is 4.08. The highest BCUT2D eigenvalue weighted by Gasteiger charge is 2.15. The van der Waals surface area contributed by atoms with Gasteiger partial charge in [0.15, 0.2) is 0 Å². The summed E-state index contributed by atoms with van der Waals surface area (Å²) in [7, 11) is 0. The van der Waals surface area contributed by atoms with E-state index in [1.165, 1.54) is 5.56 Å². The standard InChI is InChI=1S/C17H22N2O2/c1-11-5-6-12(2)16-15(11)8-13(17(20)19-16)9-18-10-14-4-3-7-21-14/h5-6,8,14,18H,3-4,7,9-10H2,1-2H3,(H,19,20)/t14-/m1/s1. The van der Waals surface area contributed by atoms with E-state index in [0.717, 1.165) is 48.0 Å². The van der Waals surface area contributed by atoms with E-state index in [9.17, 15) is 4.79 Å². The molecule has 1 aromatic carbocycles. The molecule has 1 fully saturated rings. The number of rotatable bonds is 4. The number of H-pyrrole nitrogens is 1. The van der Waals surface area contributed by atoms with Gasteiger partial charge in [0.1, 0.15) is 0 Å². The normalized spacial score (nSPS) is 18.5. The SMILES string of the molecule is Cc1ccc(C)c2[nH]c(=O)c(CNC[C@H]3CCCO3)cc12. The summed E-state index contributed by atoms with van der Waals surface area (Å²) in [6.07, 6.45) is 2.55. The average molecular weight is 286 g/mol. The van der Waals surface area contributed by atoms with Crippen LogP contribution < -0.4 is 10.9 Å². The monoisotopic (exact) mass is 286 g/mol. The fraction of sp³-hybridized carbons (Fsp3) is 0.471. The summed E-state index contributed by atoms with van der Waals surface area (Å²) in [5.41, 5.74) is 4.02. The topological polar surface area (TPSA) is 54.1 Å². The van der Waals surface area contributed by atoms with Gasteiger partial charge in [0.25, 0.3) is 5.56 Å². The number of nitrogens with one attached hydrogen (secondary N) is 2. The van der Waals surface area contributed by atoms with E-state index < -0.39 is 0 Å². The molecular formula is C17H22N2O2. The zero-order chi connectivity index (χ0) is 14.8. The maximum Gasteiger partial charge on any atom is 0.252 e. The number of hydrogen-bond acceptors (Lipinski definition) is 3. The quantitative estimate of drug-likeness (QED) is 0.907. The molecule has 21 heavy (non-hydrogen) atoms. The first kappa shape index (κ1) is 14.3. The summed E-state index contributed by atoms with van der Waals surface area (Å²) < 4.78 is 5.58. The van der Waals surface area contributed by atoms with Crippen LogP contribution in [0, 0.1) is 13.8 Å². The van der Waals surface area contributed by atoms with E-state index in [4.69, 9.17) is 4.74 Å². The molecule has 1 aliphatic rings. The number of aromatic nitrogens is 1. The summed E-state index contributed by atoms with van der Waals surface area (Å²) in [5, 5.41) is 4.47. The van der Waals surface area contributed by atoms with Gasteiger partial charge in [0, 0.05) is 30.6 Å². The molecule has 2 heterocycles. The van der Waals surface area contributed by atoms with Gasteiger partial charge >= 0.3 is 0 Å². The molecule has 0 radical (unpaired) electrons. The molecule has 4 nitrogen and oxygen atoms in total. The largest absolute Gasteiger partial charge is 0.377 e. The van der Waals surface area contributed by atoms with Crippen molar-refractivity contribution in [2.75, 3.05) is 13.2 Å². The molecular weight excluding hydrogens is 264 g/mol. The van der Waals surface area contributed by atoms with Gasteiger partial charge in [0.05, 0.1) is 11.6 Å². The summed E-state index contributed by atoms with van der Waals surface area (Å²) >= 11 is 0. The van der Waals surface area contributed by atoms with Crippen molar-refractivity contribution >= 4 is 10.9 Å². The van der Waals surface area contributed by atoms with E-state index >= 15 is 0 Å². The summed E-state index contributed by atoms with van der Waals surface area (Å²) in [4.78, 5) is 15.2. The van der Waals surface area contributed by atoms with Crippen LogP contribution in [-0.2, 0) is 11.3 Å². The number of aryl methyl sites for hydroxylation is 2. The number of hydrogen-bond donors (Lipinski definition) is 2. The van der Waals surface area contributed by atoms with Crippen molar-refractivity contribution < 1.29 is 4.74 Å². The lowest BCUT2D eigenvalue weighted by Crippen LogP contribution is -2.28. The fourth-order valence-electron chi connectivity index (χ4n) is 2.92. The van der Waals surface area contributed by atoms with E-state index in [2.05, 4.69) is 23.3 Å². The Labute approximate surface area is 124 Å². The van der Waals surface area contributed by atoms with E-state index in [0.29, 0.717) is 12.6 Å². The molecule has 1 aromatic heterocycles. The predicted molar refractivity (Wildman–Crippen MR) is 84.7 cm³/mol. The summed E-state index contributed by atoms with van der Waals surface area (Å²) in [5.74, 6) is 0. The second-order valence-electron chi connectivity index (χ2n) is 5.88. The molecule has 2 N–H and O–H groups in total. The molecule has 1 atom stereocenters. The third kappa shape index (κ3) is 3.01. The van der Waals surface area contributed by atoms with Crippen LogP contribution >= 0.6 is 0 Å². The number of ether oxygens (including phenoxy) is 1. The van der Waals surface area contributed by atoms with Crippen molar-refractivity contribution in [3.63, 3.8) is 0 Å². The van der Waals surface area contributed by atoms with Crippen molar-refractivity contribution in [1.82, 2.24) is 10.3 Å². The minimum atomic E-state index is -0.00367. The van der Waals surface area contributed by atoms with Crippen LogP contribution in [0.15, 0.2) is 23.0 Å². The Morgan fingerprint density at radius 1 is 1.33 bits per heavy atom. The van der Waals surface area contributed by atoms with Crippen LogP contribution in [0.1, 0.15) is 29.5 Å². The summed E-state index contributed by atoms with van der Waals surface area (Å²) in [6.45, 7) is 6.35. The molecule has 0 saturated carbocycles. The second kappa shape index (κ2) is 6.00. The number of pyridine rings is 1. The van der Waals surface area contributed by atoms with Gasteiger partial charge < -0.3 is 15.0 Å². The Morgan fingerprint density at radius 3 is 2.90 bits per heavy atom. The minimum Gasteiger partial charge on any atom is -0.377 e. The van der Waals surface area contributed by atoms with Gasteiger partial charge in [-0.15, -0.1) is 0 Å². The molecule has 0 amide bonds. The van der Waals surface area contributed by atoms with Crippen LogP contribution in [0.4, 0.5) is 0 Å². The zero-order valence-corrected chi connectivity index (χ0v) is 12.7. The number of fused-ring (bicyclic) bond motifs is 1. The first-order valence-corrected chi connectivity index (χ1v) is 7.59. The zero-order valence-electron chi connectivity index (χ0n) is 12.7. The van der Waals surface area contributed by atoms with Crippen molar-refractivity contribution in [2.24, 2.45) is 0 Å². The van der Waals surface area contributed by atoms with Crippen molar-refractivity contribution in [3.05, 3.63) is 45.2 Å². The Morgan fingerprint density at radius 2 is 2.14 bits per heavy atom. The highest BCUT2D eigenvalue weighted by atomic mass is 16.5. The molecule has 0 aliphatic carbocycles. The minimum absolute atomic E-state index is 0.00367. The lowest BCUT2D eigenvalue weighted by molar-refractivity contribution is 0.110. The Balaban J connectivity index is 1.80. The average Bonchev–Trinajstić information content (AvgIpc) is 2.97. The van der Waals surface area contributed by atoms with Crippen molar-refractivity contribution in [3.8, 4) is 0 Å². The van der Waals surface area contributed by atoms with Crippen LogP contribution in [0.3, 0.4) is 0 Å². The first-order valence-electron chi connectivity index (χ1n) is 7.59. The molecule has 112 valence electrons. The van der Waals surface area contributed by atoms with Crippen molar-refractivity contribution in [1.29, 1.82) is 0 Å². The molecule has 0 spiro atoms. The van der Waals surface area contributed by atoms with Crippen LogP contribution in [0.2, 0.25) is 0 Å². The maximum absolute atomic E-state index is 12.2. The van der Waals surface area contributed by atoms with E-state index in [1.54, 1.807) is 0 Å². The molecule has 0 bridgehead atoms. The third-order valence-electron chi connectivity index (χ3n) is 4.23.